The number of hydrogen-bond acceptors (Lipinski definition) is 2. The Hall–Kier alpha value is -2.26. The van der Waals surface area contributed by atoms with Gasteiger partial charge >= 0.3 is 0 Å². The lowest BCUT2D eigenvalue weighted by Crippen LogP contribution is -2.29. The highest BCUT2D eigenvalue weighted by Gasteiger charge is 2.28. The zero-order valence-electron chi connectivity index (χ0n) is 16.0. The van der Waals surface area contributed by atoms with E-state index >= 15 is 0 Å². The van der Waals surface area contributed by atoms with E-state index in [1.807, 2.05) is 6.07 Å². The average Bonchev–Trinajstić information content (AvgIpc) is 3.24. The van der Waals surface area contributed by atoms with Crippen LogP contribution in [0.2, 0.25) is 0 Å². The highest BCUT2D eigenvalue weighted by atomic mass is 16.3. The van der Waals surface area contributed by atoms with Gasteiger partial charge in [0.2, 0.25) is 0 Å². The lowest BCUT2D eigenvalue weighted by atomic mass is 9.86. The van der Waals surface area contributed by atoms with Crippen molar-refractivity contribution in [3.8, 4) is 0 Å². The van der Waals surface area contributed by atoms with Crippen LogP contribution in [0, 0.1) is 0 Å². The maximum Gasteiger partial charge on any atom is 0.117 e. The fraction of sp³-hybridized carbons (Fsp3) is 0.391. The van der Waals surface area contributed by atoms with Crippen molar-refractivity contribution in [3.05, 3.63) is 83.6 Å². The van der Waals surface area contributed by atoms with Gasteiger partial charge in [0, 0.05) is 25.0 Å². The molecule has 0 saturated carbocycles. The molecule has 0 saturated heterocycles. The van der Waals surface area contributed by atoms with E-state index in [2.05, 4.69) is 78.9 Å². The fourth-order valence-corrected chi connectivity index (χ4v) is 3.96. The molecule has 1 atom stereocenters. The van der Waals surface area contributed by atoms with E-state index in [1.165, 1.54) is 16.8 Å². The van der Waals surface area contributed by atoms with Crippen LogP contribution >= 0.6 is 0 Å². The van der Waals surface area contributed by atoms with E-state index in [0.29, 0.717) is 0 Å². The highest BCUT2D eigenvalue weighted by Crippen LogP contribution is 2.34. The first-order valence-electron chi connectivity index (χ1n) is 9.54. The van der Waals surface area contributed by atoms with E-state index < -0.39 is 0 Å². The Morgan fingerprint density at radius 3 is 2.50 bits per heavy atom. The van der Waals surface area contributed by atoms with Crippen molar-refractivity contribution in [1.29, 1.82) is 0 Å². The summed E-state index contributed by atoms with van der Waals surface area (Å²) >= 11 is 0. The van der Waals surface area contributed by atoms with Crippen molar-refractivity contribution in [2.75, 3.05) is 6.54 Å². The Labute approximate surface area is 156 Å². The predicted molar refractivity (Wildman–Crippen MR) is 105 cm³/mol. The molecular formula is C23H28N2O. The van der Waals surface area contributed by atoms with E-state index in [9.17, 15) is 0 Å². The topological polar surface area (TPSA) is 21.3 Å². The molecule has 0 fully saturated rings. The minimum absolute atomic E-state index is 0.177. The lowest BCUT2D eigenvalue weighted by molar-refractivity contribution is 0.203. The molecule has 3 nitrogen and oxygen atoms in total. The molecule has 4 rings (SSSR count). The Morgan fingerprint density at radius 2 is 1.81 bits per heavy atom. The summed E-state index contributed by atoms with van der Waals surface area (Å²) in [6.07, 6.45) is 5.13. The number of benzene rings is 1. The Kier molecular flexibility index (Phi) is 4.49. The predicted octanol–water partition coefficient (Wildman–Crippen LogP) is 5.37. The van der Waals surface area contributed by atoms with Gasteiger partial charge in [-0.25, -0.2) is 0 Å². The Morgan fingerprint density at radius 1 is 1.00 bits per heavy atom. The van der Waals surface area contributed by atoms with E-state index in [4.69, 9.17) is 4.42 Å². The van der Waals surface area contributed by atoms with Gasteiger partial charge in [0.15, 0.2) is 0 Å². The van der Waals surface area contributed by atoms with Gasteiger partial charge in [-0.15, -0.1) is 0 Å². The Balaban J connectivity index is 1.72. The summed E-state index contributed by atoms with van der Waals surface area (Å²) in [5.74, 6) is 1.03. The molecule has 0 radical (unpaired) electrons. The first-order chi connectivity index (χ1) is 12.5. The van der Waals surface area contributed by atoms with Gasteiger partial charge in [-0.1, -0.05) is 45.0 Å². The van der Waals surface area contributed by atoms with Gasteiger partial charge < -0.3 is 8.98 Å². The van der Waals surface area contributed by atoms with Crippen LogP contribution in [0.4, 0.5) is 0 Å². The molecule has 26 heavy (non-hydrogen) atoms. The van der Waals surface area contributed by atoms with Crippen molar-refractivity contribution in [3.63, 3.8) is 0 Å². The molecule has 0 bridgehead atoms. The molecule has 0 aliphatic carbocycles. The zero-order valence-corrected chi connectivity index (χ0v) is 16.0. The molecular weight excluding hydrogens is 320 g/mol. The van der Waals surface area contributed by atoms with Crippen molar-refractivity contribution >= 4 is 0 Å². The molecule has 3 heteroatoms. The second-order valence-corrected chi connectivity index (χ2v) is 8.30. The molecule has 1 aliphatic heterocycles. The molecule has 0 amide bonds. The van der Waals surface area contributed by atoms with Crippen molar-refractivity contribution in [1.82, 2.24) is 9.47 Å². The number of hydrogen-bond donors (Lipinski definition) is 0. The van der Waals surface area contributed by atoms with E-state index in [1.54, 1.807) is 6.26 Å². The summed E-state index contributed by atoms with van der Waals surface area (Å²) in [5, 5.41) is 0. The number of fused-ring (bicyclic) bond motifs is 1. The van der Waals surface area contributed by atoms with Crippen LogP contribution in [-0.4, -0.2) is 16.0 Å². The number of nitrogens with zero attached hydrogens (tertiary/aromatic N) is 2. The first kappa shape index (κ1) is 17.2. The smallest absolute Gasteiger partial charge is 0.117 e. The van der Waals surface area contributed by atoms with Crippen LogP contribution in [0.1, 0.15) is 55.8 Å². The van der Waals surface area contributed by atoms with Gasteiger partial charge in [0.25, 0.3) is 0 Å². The summed E-state index contributed by atoms with van der Waals surface area (Å²) in [6, 6.07) is 17.9. The average molecular weight is 348 g/mol. The molecule has 136 valence electrons. The lowest BCUT2D eigenvalue weighted by Gasteiger charge is -2.30. The zero-order chi connectivity index (χ0) is 18.1. The summed E-state index contributed by atoms with van der Waals surface area (Å²) < 4.78 is 8.05. The van der Waals surface area contributed by atoms with Gasteiger partial charge in [0.05, 0.1) is 18.8 Å². The second kappa shape index (κ2) is 6.81. The summed E-state index contributed by atoms with van der Waals surface area (Å²) in [6.45, 7) is 9.78. The van der Waals surface area contributed by atoms with Gasteiger partial charge in [0.1, 0.15) is 5.76 Å². The molecule has 0 unspecified atom stereocenters. The summed E-state index contributed by atoms with van der Waals surface area (Å²) in [4.78, 5) is 2.55. The van der Waals surface area contributed by atoms with Crippen molar-refractivity contribution < 1.29 is 4.42 Å². The number of aryl methyl sites for hydroxylation is 1. The molecule has 3 heterocycles. The molecule has 2 aromatic heterocycles. The summed E-state index contributed by atoms with van der Waals surface area (Å²) in [5.41, 5.74) is 4.28. The fourth-order valence-electron chi connectivity index (χ4n) is 3.96. The summed E-state index contributed by atoms with van der Waals surface area (Å²) in [7, 11) is 0. The second-order valence-electron chi connectivity index (χ2n) is 8.30. The Bertz CT molecular complexity index is 837. The molecule has 1 aromatic carbocycles. The quantitative estimate of drug-likeness (QED) is 0.634. The van der Waals surface area contributed by atoms with Crippen LogP contribution in [0.25, 0.3) is 0 Å². The van der Waals surface area contributed by atoms with Gasteiger partial charge in [-0.2, -0.15) is 0 Å². The number of rotatable bonds is 3. The number of aromatic nitrogens is 1. The maximum atomic E-state index is 5.65. The third kappa shape index (κ3) is 3.36. The van der Waals surface area contributed by atoms with Crippen molar-refractivity contribution in [2.45, 2.75) is 51.7 Å². The third-order valence-corrected chi connectivity index (χ3v) is 5.39. The van der Waals surface area contributed by atoms with Crippen LogP contribution in [-0.2, 0) is 18.5 Å². The standard InChI is InChI=1S/C23H28N2O/c1-23(2,3)19-11-9-18(10-12-19)22-21-8-4-13-24(21)14-6-15-25(22)17-20-7-5-16-26-20/h4-5,7-13,16,22H,6,14-15,17H2,1-3H3/t22-/m1/s1. The van der Waals surface area contributed by atoms with E-state index in [0.717, 1.165) is 31.8 Å². The van der Waals surface area contributed by atoms with Crippen LogP contribution < -0.4 is 0 Å². The SMILES string of the molecule is CC(C)(C)c1ccc([C@@H]2c3cccn3CCCN2Cc2ccco2)cc1. The minimum Gasteiger partial charge on any atom is -0.468 e. The highest BCUT2D eigenvalue weighted by molar-refractivity contribution is 5.34. The number of furan rings is 1. The van der Waals surface area contributed by atoms with Crippen LogP contribution in [0.5, 0.6) is 0 Å². The van der Waals surface area contributed by atoms with Gasteiger partial charge in [-0.05, 0) is 47.2 Å². The van der Waals surface area contributed by atoms with Gasteiger partial charge in [-0.3, -0.25) is 4.90 Å². The normalized spacial score (nSPS) is 18.5. The molecule has 0 spiro atoms. The van der Waals surface area contributed by atoms with Crippen molar-refractivity contribution in [2.24, 2.45) is 0 Å². The van der Waals surface area contributed by atoms with Crippen LogP contribution in [0.3, 0.4) is 0 Å². The van der Waals surface area contributed by atoms with Crippen LogP contribution in [0.15, 0.2) is 65.4 Å². The third-order valence-electron chi connectivity index (χ3n) is 5.39. The molecule has 1 aliphatic rings. The first-order valence-corrected chi connectivity index (χ1v) is 9.54. The molecule has 0 N–H and O–H groups in total. The minimum atomic E-state index is 0.177. The monoisotopic (exact) mass is 348 g/mol. The largest absolute Gasteiger partial charge is 0.468 e. The maximum absolute atomic E-state index is 5.65. The van der Waals surface area contributed by atoms with E-state index in [-0.39, 0.29) is 11.5 Å². The molecule has 3 aromatic rings.